The summed E-state index contributed by atoms with van der Waals surface area (Å²) < 4.78 is 0. The average Bonchev–Trinajstić information content (AvgIpc) is 2.20. The first-order chi connectivity index (χ1) is 6.65. The molecular formula is C13H19N. The smallest absolute Gasteiger partial charge is 0.0725 e. The number of allylic oxidation sites excluding steroid dienone is 1. The Kier molecular flexibility index (Phi) is 5.54. The molecule has 0 aliphatic heterocycles. The van der Waals surface area contributed by atoms with Crippen molar-refractivity contribution < 1.29 is 0 Å². The van der Waals surface area contributed by atoms with Gasteiger partial charge in [-0.15, -0.1) is 0 Å². The molecule has 0 fully saturated rings. The third-order valence-corrected chi connectivity index (χ3v) is 1.68. The van der Waals surface area contributed by atoms with Gasteiger partial charge in [-0.05, 0) is 31.1 Å². The third kappa shape index (κ3) is 3.17. The molecule has 0 radical (unpaired) electrons. The fraction of sp³-hybridized carbons (Fsp3) is 0.308. The molecule has 0 aromatic carbocycles. The summed E-state index contributed by atoms with van der Waals surface area (Å²) in [6.45, 7) is 15.6. The van der Waals surface area contributed by atoms with Crippen LogP contribution in [0.4, 0.5) is 0 Å². The molecule has 0 saturated carbocycles. The predicted molar refractivity (Wildman–Crippen MR) is 65.1 cm³/mol. The van der Waals surface area contributed by atoms with E-state index in [9.17, 15) is 0 Å². The van der Waals surface area contributed by atoms with Crippen LogP contribution in [-0.4, -0.2) is 4.98 Å². The Morgan fingerprint density at radius 3 is 2.43 bits per heavy atom. The molecule has 0 atom stereocenters. The molecular weight excluding hydrogens is 170 g/mol. The van der Waals surface area contributed by atoms with E-state index in [2.05, 4.69) is 24.2 Å². The van der Waals surface area contributed by atoms with Crippen molar-refractivity contribution in [3.63, 3.8) is 0 Å². The van der Waals surface area contributed by atoms with E-state index in [1.54, 1.807) is 0 Å². The highest BCUT2D eigenvalue weighted by Gasteiger charge is 2.00. The van der Waals surface area contributed by atoms with Crippen LogP contribution in [0.3, 0.4) is 0 Å². The van der Waals surface area contributed by atoms with Crippen LogP contribution in [-0.2, 0) is 0 Å². The molecule has 0 unspecified atom stereocenters. The molecule has 0 spiro atoms. The van der Waals surface area contributed by atoms with Gasteiger partial charge in [0.15, 0.2) is 0 Å². The van der Waals surface area contributed by atoms with Gasteiger partial charge in [0, 0.05) is 11.8 Å². The van der Waals surface area contributed by atoms with Crippen molar-refractivity contribution in [1.82, 2.24) is 4.98 Å². The second-order valence-electron chi connectivity index (χ2n) is 2.93. The van der Waals surface area contributed by atoms with Crippen molar-refractivity contribution in [2.24, 2.45) is 0 Å². The van der Waals surface area contributed by atoms with Gasteiger partial charge in [0.25, 0.3) is 0 Å². The molecule has 1 aromatic rings. The molecule has 14 heavy (non-hydrogen) atoms. The molecule has 1 aromatic heterocycles. The van der Waals surface area contributed by atoms with Gasteiger partial charge >= 0.3 is 0 Å². The maximum Gasteiger partial charge on any atom is 0.0725 e. The van der Waals surface area contributed by atoms with Gasteiger partial charge < -0.3 is 0 Å². The Morgan fingerprint density at radius 2 is 2.00 bits per heavy atom. The molecule has 1 heterocycles. The standard InChI is InChI=1S/C11H13N.C2H6/c1-5-10-6-9(4)7-12-11(10)8(2)3;1-2/h5-7H,1-2H2,3-4H3;1-2H3. The van der Waals surface area contributed by atoms with E-state index in [4.69, 9.17) is 0 Å². The fourth-order valence-electron chi connectivity index (χ4n) is 1.10. The molecule has 0 aliphatic carbocycles. The molecule has 1 nitrogen and oxygen atoms in total. The average molecular weight is 189 g/mol. The van der Waals surface area contributed by atoms with Crippen LogP contribution in [0.2, 0.25) is 0 Å². The summed E-state index contributed by atoms with van der Waals surface area (Å²) in [6, 6.07) is 2.06. The van der Waals surface area contributed by atoms with E-state index in [1.165, 1.54) is 0 Å². The highest BCUT2D eigenvalue weighted by molar-refractivity contribution is 5.68. The maximum absolute atomic E-state index is 4.28. The van der Waals surface area contributed by atoms with Gasteiger partial charge in [0.1, 0.15) is 0 Å². The van der Waals surface area contributed by atoms with Gasteiger partial charge in [-0.3, -0.25) is 4.98 Å². The number of nitrogens with zero attached hydrogens (tertiary/aromatic N) is 1. The van der Waals surface area contributed by atoms with Crippen LogP contribution in [0.5, 0.6) is 0 Å². The molecule has 0 aliphatic rings. The van der Waals surface area contributed by atoms with Crippen LogP contribution in [0, 0.1) is 6.92 Å². The van der Waals surface area contributed by atoms with E-state index >= 15 is 0 Å². The number of hydrogen-bond acceptors (Lipinski definition) is 1. The first-order valence-corrected chi connectivity index (χ1v) is 4.90. The number of pyridine rings is 1. The minimum absolute atomic E-state index is 0.940. The lowest BCUT2D eigenvalue weighted by Crippen LogP contribution is -1.90. The summed E-state index contributed by atoms with van der Waals surface area (Å²) in [6.07, 6.45) is 3.65. The van der Waals surface area contributed by atoms with Gasteiger partial charge in [-0.25, -0.2) is 0 Å². The lowest BCUT2D eigenvalue weighted by Gasteiger charge is -2.04. The van der Waals surface area contributed by atoms with Crippen LogP contribution < -0.4 is 0 Å². The Labute approximate surface area is 87.2 Å². The van der Waals surface area contributed by atoms with E-state index in [0.717, 1.165) is 22.4 Å². The molecule has 0 saturated heterocycles. The fourth-order valence-corrected chi connectivity index (χ4v) is 1.10. The van der Waals surface area contributed by atoms with Crippen LogP contribution in [0.1, 0.15) is 37.6 Å². The number of rotatable bonds is 2. The van der Waals surface area contributed by atoms with Crippen molar-refractivity contribution in [3.8, 4) is 0 Å². The molecule has 1 rings (SSSR count). The Morgan fingerprint density at radius 1 is 1.43 bits per heavy atom. The molecule has 0 bridgehead atoms. The lowest BCUT2D eigenvalue weighted by molar-refractivity contribution is 1.21. The Balaban J connectivity index is 0.000000791. The van der Waals surface area contributed by atoms with E-state index in [-0.39, 0.29) is 0 Å². The summed E-state index contributed by atoms with van der Waals surface area (Å²) in [4.78, 5) is 4.28. The highest BCUT2D eigenvalue weighted by atomic mass is 14.7. The molecule has 1 heteroatoms. The minimum atomic E-state index is 0.940. The lowest BCUT2D eigenvalue weighted by atomic mass is 10.1. The minimum Gasteiger partial charge on any atom is -0.256 e. The Hall–Kier alpha value is -1.37. The quantitative estimate of drug-likeness (QED) is 0.682. The van der Waals surface area contributed by atoms with Crippen molar-refractivity contribution in [2.75, 3.05) is 0 Å². The highest BCUT2D eigenvalue weighted by Crippen LogP contribution is 2.16. The molecule has 0 N–H and O–H groups in total. The zero-order chi connectivity index (χ0) is 11.1. The first kappa shape index (κ1) is 12.6. The maximum atomic E-state index is 4.28. The van der Waals surface area contributed by atoms with Gasteiger partial charge in [-0.1, -0.05) is 33.1 Å². The summed E-state index contributed by atoms with van der Waals surface area (Å²) in [5.74, 6) is 0. The van der Waals surface area contributed by atoms with Crippen molar-refractivity contribution in [2.45, 2.75) is 27.7 Å². The second-order valence-corrected chi connectivity index (χ2v) is 2.93. The number of aryl methyl sites for hydroxylation is 1. The SMILES string of the molecule is C=Cc1cc(C)cnc1C(=C)C.CC. The zero-order valence-corrected chi connectivity index (χ0v) is 9.59. The number of hydrogen-bond donors (Lipinski definition) is 0. The summed E-state index contributed by atoms with van der Waals surface area (Å²) in [5, 5.41) is 0. The molecule has 76 valence electrons. The van der Waals surface area contributed by atoms with Crippen molar-refractivity contribution in [1.29, 1.82) is 0 Å². The van der Waals surface area contributed by atoms with Gasteiger partial charge in [-0.2, -0.15) is 0 Å². The normalized spacial score (nSPS) is 8.57. The summed E-state index contributed by atoms with van der Waals surface area (Å²) >= 11 is 0. The summed E-state index contributed by atoms with van der Waals surface area (Å²) in [5.41, 5.74) is 4.12. The first-order valence-electron chi connectivity index (χ1n) is 4.90. The van der Waals surface area contributed by atoms with Crippen molar-refractivity contribution >= 4 is 11.6 Å². The van der Waals surface area contributed by atoms with Gasteiger partial charge in [0.05, 0.1) is 5.69 Å². The Bertz CT molecular complexity index is 324. The number of aromatic nitrogens is 1. The predicted octanol–water partition coefficient (Wildman–Crippen LogP) is 4.09. The van der Waals surface area contributed by atoms with Crippen molar-refractivity contribution in [3.05, 3.63) is 42.2 Å². The van der Waals surface area contributed by atoms with E-state index in [0.29, 0.717) is 0 Å². The van der Waals surface area contributed by atoms with Gasteiger partial charge in [0.2, 0.25) is 0 Å². The zero-order valence-electron chi connectivity index (χ0n) is 9.59. The third-order valence-electron chi connectivity index (χ3n) is 1.68. The monoisotopic (exact) mass is 189 g/mol. The van der Waals surface area contributed by atoms with Crippen LogP contribution >= 0.6 is 0 Å². The largest absolute Gasteiger partial charge is 0.256 e. The van der Waals surface area contributed by atoms with Crippen LogP contribution in [0.15, 0.2) is 25.4 Å². The second kappa shape index (κ2) is 6.14. The van der Waals surface area contributed by atoms with E-state index in [1.807, 2.05) is 40.0 Å². The molecule has 0 amide bonds. The van der Waals surface area contributed by atoms with Crippen LogP contribution in [0.25, 0.3) is 11.6 Å². The summed E-state index contributed by atoms with van der Waals surface area (Å²) in [7, 11) is 0. The topological polar surface area (TPSA) is 12.9 Å². The van der Waals surface area contributed by atoms with E-state index < -0.39 is 0 Å².